The van der Waals surface area contributed by atoms with Crippen LogP contribution in [0.5, 0.6) is 0 Å². The van der Waals surface area contributed by atoms with Crippen molar-refractivity contribution in [3.8, 4) is 0 Å². The predicted molar refractivity (Wildman–Crippen MR) is 92.8 cm³/mol. The van der Waals surface area contributed by atoms with Crippen LogP contribution in [0.1, 0.15) is 18.7 Å². The minimum Gasteiger partial charge on any atom is -0.477 e. The molecule has 3 heterocycles. The van der Waals surface area contributed by atoms with E-state index in [9.17, 15) is 19.8 Å². The fraction of sp³-hybridized carbons (Fsp3) is 0.400. The molecule has 0 radical (unpaired) electrons. The van der Waals surface area contributed by atoms with Crippen molar-refractivity contribution in [3.05, 3.63) is 27.1 Å². The first-order valence-electron chi connectivity index (χ1n) is 7.36. The normalized spacial score (nSPS) is 27.5. The van der Waals surface area contributed by atoms with Crippen molar-refractivity contribution in [3.63, 3.8) is 0 Å². The number of fused-ring (bicyclic) bond motifs is 1. The zero-order valence-corrected chi connectivity index (χ0v) is 14.7. The van der Waals surface area contributed by atoms with E-state index in [2.05, 4.69) is 4.98 Å². The van der Waals surface area contributed by atoms with Crippen molar-refractivity contribution in [2.75, 3.05) is 5.73 Å². The average molecular weight is 367 g/mol. The number of nitrogen functional groups attached to an aromatic ring is 1. The van der Waals surface area contributed by atoms with Gasteiger partial charge in [-0.3, -0.25) is 4.79 Å². The molecule has 128 valence electrons. The van der Waals surface area contributed by atoms with Gasteiger partial charge >= 0.3 is 5.97 Å². The summed E-state index contributed by atoms with van der Waals surface area (Å²) in [4.78, 5) is 30.6. The Morgan fingerprint density at radius 3 is 2.83 bits per heavy atom. The molecule has 0 aromatic carbocycles. The third-order valence-electron chi connectivity index (χ3n) is 4.28. The molecule has 1 aromatic heterocycles. The van der Waals surface area contributed by atoms with Gasteiger partial charge in [-0.25, -0.2) is 9.78 Å². The van der Waals surface area contributed by atoms with Gasteiger partial charge in [-0.15, -0.1) is 0 Å². The molecule has 2 aliphatic heterocycles. The van der Waals surface area contributed by atoms with Crippen LogP contribution in [0.3, 0.4) is 0 Å². The number of hydrogen-bond donors (Lipinski definition) is 3. The van der Waals surface area contributed by atoms with Crippen molar-refractivity contribution < 1.29 is 19.8 Å². The van der Waals surface area contributed by atoms with E-state index >= 15 is 0 Å². The summed E-state index contributed by atoms with van der Waals surface area (Å²) >= 11 is 2.61. The van der Waals surface area contributed by atoms with E-state index in [0.29, 0.717) is 10.0 Å². The number of hydrogen-bond acceptors (Lipinski definition) is 7. The second-order valence-corrected chi connectivity index (χ2v) is 7.83. The van der Waals surface area contributed by atoms with Gasteiger partial charge in [0.1, 0.15) is 5.70 Å². The highest BCUT2D eigenvalue weighted by Crippen LogP contribution is 2.50. The fourth-order valence-electron chi connectivity index (χ4n) is 3.23. The molecule has 0 spiro atoms. The van der Waals surface area contributed by atoms with Gasteiger partial charge in [0.2, 0.25) is 5.91 Å². The van der Waals surface area contributed by atoms with Crippen LogP contribution in [0.15, 0.2) is 22.2 Å². The Labute approximate surface area is 146 Å². The number of aliphatic hydroxyl groups is 1. The van der Waals surface area contributed by atoms with Crippen LogP contribution in [0.4, 0.5) is 5.13 Å². The Balaban J connectivity index is 1.84. The number of nitrogens with zero attached hydrogens (tertiary/aromatic N) is 2. The second kappa shape index (κ2) is 6.23. The first kappa shape index (κ1) is 17.0. The number of carbonyl (C=O) groups excluding carboxylic acids is 1. The number of anilines is 1. The number of carboxylic acid groups (broad SMARTS) is 1. The molecule has 1 saturated heterocycles. The first-order chi connectivity index (χ1) is 11.3. The number of aliphatic hydroxyl groups excluding tert-OH is 1. The number of carboxylic acids is 1. The molecule has 0 bridgehead atoms. The maximum atomic E-state index is 12.2. The summed E-state index contributed by atoms with van der Waals surface area (Å²) < 4.78 is 0. The van der Waals surface area contributed by atoms with Crippen molar-refractivity contribution in [1.82, 2.24) is 9.88 Å². The molecule has 0 aliphatic carbocycles. The molecule has 2 aliphatic rings. The van der Waals surface area contributed by atoms with E-state index in [1.54, 1.807) is 24.6 Å². The van der Waals surface area contributed by atoms with Crippen molar-refractivity contribution in [2.45, 2.75) is 26.0 Å². The summed E-state index contributed by atoms with van der Waals surface area (Å²) in [5.41, 5.74) is 5.59. The number of aromatic nitrogens is 1. The maximum Gasteiger partial charge on any atom is 0.353 e. The summed E-state index contributed by atoms with van der Waals surface area (Å²) in [6, 6.07) is -0.293. The Morgan fingerprint density at radius 2 is 2.29 bits per heavy atom. The van der Waals surface area contributed by atoms with Gasteiger partial charge in [-0.05, 0) is 18.4 Å². The zero-order valence-electron chi connectivity index (χ0n) is 13.0. The lowest BCUT2D eigenvalue weighted by Gasteiger charge is -2.46. The Kier molecular flexibility index (Phi) is 4.41. The Hall–Kier alpha value is -1.84. The summed E-state index contributed by atoms with van der Waals surface area (Å²) in [7, 11) is 0. The topological polar surface area (TPSA) is 117 Å². The highest BCUT2D eigenvalue weighted by atomic mass is 32.2. The molecule has 1 fully saturated rings. The minimum absolute atomic E-state index is 0.0212. The summed E-state index contributed by atoms with van der Waals surface area (Å²) in [5.74, 6) is -2.14. The van der Waals surface area contributed by atoms with Gasteiger partial charge in [0.05, 0.1) is 18.1 Å². The molecule has 3 rings (SSSR count). The molecular weight excluding hydrogens is 350 g/mol. The van der Waals surface area contributed by atoms with E-state index in [4.69, 9.17) is 5.73 Å². The number of thioether (sulfide) groups is 1. The Morgan fingerprint density at radius 1 is 1.58 bits per heavy atom. The smallest absolute Gasteiger partial charge is 0.353 e. The molecule has 7 nitrogen and oxygen atoms in total. The summed E-state index contributed by atoms with van der Waals surface area (Å²) in [5, 5.41) is 21.5. The average Bonchev–Trinajstić information content (AvgIpc) is 3.00. The van der Waals surface area contributed by atoms with Crippen LogP contribution in [-0.4, -0.2) is 44.1 Å². The molecule has 0 saturated carbocycles. The number of β-lactam (4-membered cyclic amide) rings is 1. The SMILES string of the molecule is C[C@@H](O)[C@H]1C(=O)N2C(C(=O)O)=C(S/C=C\c3cnc(N)s3)[C@H](C)[C@H]12. The second-order valence-electron chi connectivity index (χ2n) is 5.79. The minimum atomic E-state index is -1.13. The quantitative estimate of drug-likeness (QED) is 0.677. The van der Waals surface area contributed by atoms with Crippen molar-refractivity contribution in [1.29, 1.82) is 0 Å². The highest BCUT2D eigenvalue weighted by molar-refractivity contribution is 8.06. The van der Waals surface area contributed by atoms with E-state index in [1.807, 2.05) is 6.92 Å². The van der Waals surface area contributed by atoms with E-state index < -0.39 is 18.0 Å². The van der Waals surface area contributed by atoms with Gasteiger partial charge in [0, 0.05) is 21.9 Å². The lowest BCUT2D eigenvalue weighted by atomic mass is 9.79. The molecule has 24 heavy (non-hydrogen) atoms. The molecular formula is C15H17N3O4S2. The zero-order chi connectivity index (χ0) is 17.6. The van der Waals surface area contributed by atoms with Gasteiger partial charge in [0.15, 0.2) is 5.13 Å². The summed E-state index contributed by atoms with van der Waals surface area (Å²) in [6.45, 7) is 3.45. The lowest BCUT2D eigenvalue weighted by molar-refractivity contribution is -0.163. The number of thiazole rings is 1. The third kappa shape index (κ3) is 2.62. The molecule has 0 unspecified atom stereocenters. The molecule has 4 atom stereocenters. The number of rotatable bonds is 5. The number of amides is 1. The Bertz CT molecular complexity index is 756. The van der Waals surface area contributed by atoms with Crippen LogP contribution < -0.4 is 5.73 Å². The van der Waals surface area contributed by atoms with Crippen molar-refractivity contribution in [2.24, 2.45) is 11.8 Å². The van der Waals surface area contributed by atoms with Gasteiger partial charge < -0.3 is 20.8 Å². The van der Waals surface area contributed by atoms with Crippen LogP contribution in [0.25, 0.3) is 6.08 Å². The van der Waals surface area contributed by atoms with Crippen LogP contribution in [-0.2, 0) is 9.59 Å². The van der Waals surface area contributed by atoms with Gasteiger partial charge in [-0.1, -0.05) is 30.0 Å². The third-order valence-corrected chi connectivity index (χ3v) is 6.16. The van der Waals surface area contributed by atoms with Gasteiger partial charge in [0.25, 0.3) is 0 Å². The molecule has 9 heteroatoms. The molecule has 1 aromatic rings. The number of nitrogens with two attached hydrogens (primary N) is 1. The van der Waals surface area contributed by atoms with Crippen LogP contribution >= 0.6 is 23.1 Å². The fourth-order valence-corrected chi connectivity index (χ4v) is 4.92. The number of aliphatic carboxylic acids is 1. The van der Waals surface area contributed by atoms with Crippen LogP contribution in [0, 0.1) is 11.8 Å². The lowest BCUT2D eigenvalue weighted by Crippen LogP contribution is -2.63. The molecule has 4 N–H and O–H groups in total. The predicted octanol–water partition coefficient (Wildman–Crippen LogP) is 1.58. The van der Waals surface area contributed by atoms with E-state index in [1.165, 1.54) is 28.0 Å². The van der Waals surface area contributed by atoms with Crippen LogP contribution in [0.2, 0.25) is 0 Å². The van der Waals surface area contributed by atoms with E-state index in [0.717, 1.165) is 4.88 Å². The van der Waals surface area contributed by atoms with Gasteiger partial charge in [-0.2, -0.15) is 0 Å². The summed E-state index contributed by atoms with van der Waals surface area (Å²) in [6.07, 6.45) is 2.65. The highest BCUT2D eigenvalue weighted by Gasteiger charge is 2.59. The van der Waals surface area contributed by atoms with E-state index in [-0.39, 0.29) is 23.6 Å². The monoisotopic (exact) mass is 367 g/mol. The largest absolute Gasteiger partial charge is 0.477 e. The first-order valence-corrected chi connectivity index (χ1v) is 9.05. The van der Waals surface area contributed by atoms with Crippen molar-refractivity contribution >= 4 is 46.2 Å². The molecule has 1 amide bonds. The standard InChI is InChI=1S/C15H17N3O4S2/c1-6-10-9(7(2)19)13(20)18(10)11(14(21)22)12(6)23-4-3-8-5-17-15(16)24-8/h3-7,9-10,19H,1-2H3,(H2,16,17)(H,21,22)/b4-3-/t6-,7-,9-,10-/m1/s1. The number of carbonyl (C=O) groups is 2. The maximum absolute atomic E-state index is 12.2.